The van der Waals surface area contributed by atoms with Gasteiger partial charge in [-0.05, 0) is 31.1 Å². The van der Waals surface area contributed by atoms with E-state index in [1.165, 1.54) is 45.3 Å². The molecular formula is C11H19NO. The lowest BCUT2D eigenvalue weighted by atomic mass is 10.1. The minimum Gasteiger partial charge on any atom is -0.372 e. The van der Waals surface area contributed by atoms with Crippen LogP contribution in [0.5, 0.6) is 0 Å². The zero-order valence-electron chi connectivity index (χ0n) is 8.46. The summed E-state index contributed by atoms with van der Waals surface area (Å²) in [5.41, 5.74) is 0.677. The van der Waals surface area contributed by atoms with Crippen LogP contribution < -0.4 is 0 Å². The van der Waals surface area contributed by atoms with Crippen molar-refractivity contribution in [1.29, 1.82) is 0 Å². The summed E-state index contributed by atoms with van der Waals surface area (Å²) in [5.74, 6) is 0. The molecule has 74 valence electrons. The number of likely N-dealkylation sites (tertiary alicyclic amines) is 1. The zero-order chi connectivity index (χ0) is 8.89. The Labute approximate surface area is 80.2 Å². The molecule has 2 nitrogen and oxygen atoms in total. The number of morpholine rings is 1. The number of hydrogen-bond acceptors (Lipinski definition) is 2. The highest BCUT2D eigenvalue weighted by atomic mass is 16.5. The molecule has 1 saturated carbocycles. The van der Waals surface area contributed by atoms with Gasteiger partial charge in [-0.1, -0.05) is 6.92 Å². The first-order valence-corrected chi connectivity index (χ1v) is 5.61. The Bertz CT molecular complexity index is 200. The van der Waals surface area contributed by atoms with E-state index >= 15 is 0 Å². The summed E-state index contributed by atoms with van der Waals surface area (Å²) in [5, 5.41) is 0. The Balaban J connectivity index is 1.60. The van der Waals surface area contributed by atoms with Crippen LogP contribution in [-0.2, 0) is 4.74 Å². The number of nitrogens with zero attached hydrogens (tertiary/aromatic N) is 1. The normalized spacial score (nSPS) is 42.2. The van der Waals surface area contributed by atoms with Gasteiger partial charge in [-0.25, -0.2) is 0 Å². The monoisotopic (exact) mass is 181 g/mol. The number of fused-ring (bicyclic) bond motifs is 2. The van der Waals surface area contributed by atoms with Gasteiger partial charge < -0.3 is 4.74 Å². The van der Waals surface area contributed by atoms with Crippen molar-refractivity contribution in [2.75, 3.05) is 19.6 Å². The Morgan fingerprint density at radius 3 is 2.38 bits per heavy atom. The maximum Gasteiger partial charge on any atom is 0.0707 e. The van der Waals surface area contributed by atoms with E-state index < -0.39 is 0 Å². The summed E-state index contributed by atoms with van der Waals surface area (Å²) in [6, 6.07) is 0. The second-order valence-electron chi connectivity index (χ2n) is 5.46. The summed E-state index contributed by atoms with van der Waals surface area (Å²) in [6.45, 7) is 6.14. The van der Waals surface area contributed by atoms with Crippen molar-refractivity contribution in [3.8, 4) is 0 Å². The van der Waals surface area contributed by atoms with E-state index in [1.54, 1.807) is 0 Å². The quantitative estimate of drug-likeness (QED) is 0.642. The molecule has 2 unspecified atom stereocenters. The minimum atomic E-state index is 0.570. The van der Waals surface area contributed by atoms with Gasteiger partial charge >= 0.3 is 0 Å². The number of ether oxygens (including phenoxy) is 1. The van der Waals surface area contributed by atoms with Crippen molar-refractivity contribution in [3.63, 3.8) is 0 Å². The van der Waals surface area contributed by atoms with Crippen LogP contribution >= 0.6 is 0 Å². The Kier molecular flexibility index (Phi) is 1.72. The van der Waals surface area contributed by atoms with Gasteiger partial charge in [0.15, 0.2) is 0 Å². The molecule has 0 aromatic rings. The molecule has 1 aliphatic carbocycles. The largest absolute Gasteiger partial charge is 0.372 e. The van der Waals surface area contributed by atoms with Gasteiger partial charge in [-0.15, -0.1) is 0 Å². The van der Waals surface area contributed by atoms with Crippen LogP contribution in [0, 0.1) is 5.41 Å². The molecule has 2 heteroatoms. The molecule has 2 aliphatic heterocycles. The van der Waals surface area contributed by atoms with Crippen molar-refractivity contribution in [2.45, 2.75) is 44.8 Å². The van der Waals surface area contributed by atoms with Crippen LogP contribution in [0.15, 0.2) is 0 Å². The lowest BCUT2D eigenvalue weighted by Gasteiger charge is -2.33. The van der Waals surface area contributed by atoms with Crippen LogP contribution in [0.1, 0.15) is 32.6 Å². The predicted octanol–water partition coefficient (Wildman–Crippen LogP) is 1.65. The predicted molar refractivity (Wildman–Crippen MR) is 51.7 cm³/mol. The molecule has 0 amide bonds. The number of rotatable bonds is 2. The molecule has 2 heterocycles. The van der Waals surface area contributed by atoms with Gasteiger partial charge in [0.25, 0.3) is 0 Å². The highest BCUT2D eigenvalue weighted by Gasteiger charge is 2.42. The van der Waals surface area contributed by atoms with Gasteiger partial charge in [0.1, 0.15) is 0 Å². The third-order valence-corrected chi connectivity index (χ3v) is 3.83. The van der Waals surface area contributed by atoms with E-state index in [2.05, 4.69) is 11.8 Å². The zero-order valence-corrected chi connectivity index (χ0v) is 8.46. The molecule has 0 spiro atoms. The highest BCUT2D eigenvalue weighted by molar-refractivity contribution is 4.94. The molecular weight excluding hydrogens is 162 g/mol. The third-order valence-electron chi connectivity index (χ3n) is 3.83. The van der Waals surface area contributed by atoms with Crippen molar-refractivity contribution >= 4 is 0 Å². The lowest BCUT2D eigenvalue weighted by molar-refractivity contribution is -0.0431. The van der Waals surface area contributed by atoms with Crippen molar-refractivity contribution in [1.82, 2.24) is 4.90 Å². The fraction of sp³-hybridized carbons (Fsp3) is 1.00. The van der Waals surface area contributed by atoms with Crippen LogP contribution in [0.4, 0.5) is 0 Å². The summed E-state index contributed by atoms with van der Waals surface area (Å²) < 4.78 is 5.82. The number of hydrogen-bond donors (Lipinski definition) is 0. The second kappa shape index (κ2) is 2.71. The highest BCUT2D eigenvalue weighted by Crippen LogP contribution is 2.46. The molecule has 0 radical (unpaired) electrons. The molecule has 0 N–H and O–H groups in total. The van der Waals surface area contributed by atoms with E-state index in [0.717, 1.165) is 0 Å². The Morgan fingerprint density at radius 2 is 1.85 bits per heavy atom. The van der Waals surface area contributed by atoms with E-state index in [4.69, 9.17) is 4.74 Å². The van der Waals surface area contributed by atoms with Crippen molar-refractivity contribution < 1.29 is 4.74 Å². The van der Waals surface area contributed by atoms with Gasteiger partial charge in [-0.3, -0.25) is 4.90 Å². The Hall–Kier alpha value is -0.0800. The van der Waals surface area contributed by atoms with Crippen LogP contribution in [0.2, 0.25) is 0 Å². The van der Waals surface area contributed by atoms with Crippen LogP contribution in [0.3, 0.4) is 0 Å². The first-order valence-electron chi connectivity index (χ1n) is 5.61. The Morgan fingerprint density at radius 1 is 1.23 bits per heavy atom. The van der Waals surface area contributed by atoms with Gasteiger partial charge in [0.05, 0.1) is 12.2 Å². The first kappa shape index (κ1) is 8.25. The molecule has 0 aromatic carbocycles. The smallest absolute Gasteiger partial charge is 0.0707 e. The standard InChI is InChI=1S/C11H19NO/c1-11(4-5-11)8-12-6-9-2-3-10(7-12)13-9/h9-10H,2-8H2,1H3. The molecule has 2 bridgehead atoms. The summed E-state index contributed by atoms with van der Waals surface area (Å²) in [7, 11) is 0. The van der Waals surface area contributed by atoms with Gasteiger partial charge in [-0.2, -0.15) is 0 Å². The van der Waals surface area contributed by atoms with Crippen molar-refractivity contribution in [3.05, 3.63) is 0 Å². The molecule has 3 aliphatic rings. The lowest BCUT2D eigenvalue weighted by Crippen LogP contribution is -2.44. The average Bonchev–Trinajstić information content (AvgIpc) is 2.70. The average molecular weight is 181 g/mol. The fourth-order valence-corrected chi connectivity index (χ4v) is 2.74. The fourth-order valence-electron chi connectivity index (χ4n) is 2.74. The minimum absolute atomic E-state index is 0.570. The summed E-state index contributed by atoms with van der Waals surface area (Å²) in [6.07, 6.45) is 6.64. The molecule has 3 rings (SSSR count). The maximum atomic E-state index is 5.82. The molecule has 3 fully saturated rings. The molecule has 13 heavy (non-hydrogen) atoms. The molecule has 2 saturated heterocycles. The third kappa shape index (κ3) is 1.62. The second-order valence-corrected chi connectivity index (χ2v) is 5.46. The summed E-state index contributed by atoms with van der Waals surface area (Å²) in [4.78, 5) is 2.64. The van der Waals surface area contributed by atoms with Gasteiger partial charge in [0, 0.05) is 19.6 Å². The van der Waals surface area contributed by atoms with Crippen LogP contribution in [0.25, 0.3) is 0 Å². The van der Waals surface area contributed by atoms with E-state index in [0.29, 0.717) is 17.6 Å². The first-order chi connectivity index (χ1) is 6.23. The van der Waals surface area contributed by atoms with Crippen LogP contribution in [-0.4, -0.2) is 36.7 Å². The van der Waals surface area contributed by atoms with E-state index in [-0.39, 0.29) is 0 Å². The molecule has 2 atom stereocenters. The molecule has 0 aromatic heterocycles. The topological polar surface area (TPSA) is 12.5 Å². The van der Waals surface area contributed by atoms with Crippen molar-refractivity contribution in [2.24, 2.45) is 5.41 Å². The maximum absolute atomic E-state index is 5.82. The van der Waals surface area contributed by atoms with E-state index in [1.807, 2.05) is 0 Å². The van der Waals surface area contributed by atoms with Gasteiger partial charge in [0.2, 0.25) is 0 Å². The SMILES string of the molecule is CC1(CN2CC3CCC(C2)O3)CC1. The summed E-state index contributed by atoms with van der Waals surface area (Å²) >= 11 is 0. The van der Waals surface area contributed by atoms with E-state index in [9.17, 15) is 0 Å².